The molecule has 2 amide bonds. The van der Waals surface area contributed by atoms with E-state index < -0.39 is 0 Å². The Kier molecular flexibility index (Phi) is 5.69. The number of likely N-dealkylation sites (tertiary alicyclic amines) is 2. The number of nitrogens with zero attached hydrogens (tertiary/aromatic N) is 2. The lowest BCUT2D eigenvalue weighted by molar-refractivity contribution is -0.142. The summed E-state index contributed by atoms with van der Waals surface area (Å²) in [5, 5.41) is 0. The Labute approximate surface area is 157 Å². The van der Waals surface area contributed by atoms with Crippen LogP contribution in [-0.4, -0.2) is 47.8 Å². The molecule has 26 heavy (non-hydrogen) atoms. The van der Waals surface area contributed by atoms with Gasteiger partial charge in [0.05, 0.1) is 6.42 Å². The molecule has 2 fully saturated rings. The van der Waals surface area contributed by atoms with Crippen molar-refractivity contribution in [3.05, 3.63) is 35.4 Å². The van der Waals surface area contributed by atoms with E-state index >= 15 is 0 Å². The number of carbonyl (C=O) groups excluding carboxylic acids is 2. The van der Waals surface area contributed by atoms with Crippen molar-refractivity contribution in [2.45, 2.75) is 58.8 Å². The number of amides is 2. The highest BCUT2D eigenvalue weighted by atomic mass is 16.2. The molecule has 1 aromatic rings. The maximum absolute atomic E-state index is 12.7. The summed E-state index contributed by atoms with van der Waals surface area (Å²) in [6.07, 6.45) is 4.19. The molecular formula is C22H32N2O2. The van der Waals surface area contributed by atoms with E-state index in [2.05, 4.69) is 45.0 Å². The molecule has 0 unspecified atom stereocenters. The van der Waals surface area contributed by atoms with E-state index in [1.54, 1.807) is 0 Å². The third-order valence-electron chi connectivity index (χ3n) is 6.31. The lowest BCUT2D eigenvalue weighted by Crippen LogP contribution is -2.52. The number of piperidine rings is 2. The molecule has 2 saturated heterocycles. The summed E-state index contributed by atoms with van der Waals surface area (Å²) >= 11 is 0. The van der Waals surface area contributed by atoms with Crippen molar-refractivity contribution in [3.8, 4) is 0 Å². The molecule has 3 rings (SSSR count). The predicted molar refractivity (Wildman–Crippen MR) is 104 cm³/mol. The summed E-state index contributed by atoms with van der Waals surface area (Å²) in [7, 11) is 0. The average Bonchev–Trinajstić information content (AvgIpc) is 2.65. The Hall–Kier alpha value is -1.84. The summed E-state index contributed by atoms with van der Waals surface area (Å²) in [4.78, 5) is 28.7. The van der Waals surface area contributed by atoms with Gasteiger partial charge in [0, 0.05) is 32.6 Å². The molecule has 0 aromatic heterocycles. The van der Waals surface area contributed by atoms with Gasteiger partial charge in [-0.15, -0.1) is 0 Å². The van der Waals surface area contributed by atoms with Crippen LogP contribution in [0.3, 0.4) is 0 Å². The first-order valence-electron chi connectivity index (χ1n) is 10.1. The van der Waals surface area contributed by atoms with E-state index in [1.165, 1.54) is 5.56 Å². The fourth-order valence-electron chi connectivity index (χ4n) is 4.34. The normalized spacial score (nSPS) is 20.1. The zero-order chi connectivity index (χ0) is 18.7. The second-order valence-electron chi connectivity index (χ2n) is 8.36. The maximum Gasteiger partial charge on any atom is 0.226 e. The third-order valence-corrected chi connectivity index (χ3v) is 6.31. The highest BCUT2D eigenvalue weighted by molar-refractivity contribution is 5.79. The number of rotatable bonds is 4. The summed E-state index contributed by atoms with van der Waals surface area (Å²) < 4.78 is 0. The largest absolute Gasteiger partial charge is 0.342 e. The van der Waals surface area contributed by atoms with Crippen LogP contribution < -0.4 is 0 Å². The molecular weight excluding hydrogens is 324 g/mol. The molecule has 0 N–H and O–H groups in total. The monoisotopic (exact) mass is 356 g/mol. The van der Waals surface area contributed by atoms with E-state index in [-0.39, 0.29) is 11.3 Å². The molecule has 4 heteroatoms. The van der Waals surface area contributed by atoms with Gasteiger partial charge < -0.3 is 9.80 Å². The minimum absolute atomic E-state index is 0.233. The van der Waals surface area contributed by atoms with Gasteiger partial charge in [-0.3, -0.25) is 9.59 Å². The van der Waals surface area contributed by atoms with Gasteiger partial charge in [-0.2, -0.15) is 0 Å². The zero-order valence-electron chi connectivity index (χ0n) is 16.5. The van der Waals surface area contributed by atoms with Gasteiger partial charge in [-0.05, 0) is 48.6 Å². The van der Waals surface area contributed by atoms with Gasteiger partial charge in [-0.25, -0.2) is 0 Å². The van der Waals surface area contributed by atoms with Crippen molar-refractivity contribution in [2.24, 2.45) is 5.41 Å². The Bertz CT molecular complexity index is 643. The molecule has 0 aliphatic carbocycles. The molecule has 2 heterocycles. The van der Waals surface area contributed by atoms with Crippen LogP contribution in [0.15, 0.2) is 24.3 Å². The van der Waals surface area contributed by atoms with Crippen LogP contribution in [0, 0.1) is 5.41 Å². The van der Waals surface area contributed by atoms with E-state index in [9.17, 15) is 9.59 Å². The average molecular weight is 357 g/mol. The molecule has 2 aliphatic rings. The molecule has 0 bridgehead atoms. The van der Waals surface area contributed by atoms with Gasteiger partial charge in [0.15, 0.2) is 0 Å². The second kappa shape index (κ2) is 7.81. The van der Waals surface area contributed by atoms with Crippen LogP contribution in [0.25, 0.3) is 0 Å². The Morgan fingerprint density at radius 1 is 1.12 bits per heavy atom. The fraction of sp³-hybridized carbons (Fsp3) is 0.636. The summed E-state index contributed by atoms with van der Waals surface area (Å²) in [5.41, 5.74) is 2.65. The van der Waals surface area contributed by atoms with E-state index in [1.807, 2.05) is 9.80 Å². The zero-order valence-corrected chi connectivity index (χ0v) is 16.5. The molecule has 0 radical (unpaired) electrons. The van der Waals surface area contributed by atoms with Crippen molar-refractivity contribution in [1.82, 2.24) is 9.80 Å². The van der Waals surface area contributed by atoms with Gasteiger partial charge in [0.2, 0.25) is 11.8 Å². The Morgan fingerprint density at radius 2 is 1.77 bits per heavy atom. The van der Waals surface area contributed by atoms with Crippen LogP contribution >= 0.6 is 0 Å². The maximum atomic E-state index is 12.7. The third kappa shape index (κ3) is 4.11. The lowest BCUT2D eigenvalue weighted by atomic mass is 9.72. The minimum atomic E-state index is 0.233. The standard InChI is InChI=1S/C22H32N2O2/c1-4-23-16-22(10-9-20(23)25)11-13-24(14-12-22)21(26)15-18-5-7-19(8-6-18)17(2)3/h5-8,17H,4,9-16H2,1-3H3. The van der Waals surface area contributed by atoms with Crippen LogP contribution in [0.5, 0.6) is 0 Å². The van der Waals surface area contributed by atoms with E-state index in [4.69, 9.17) is 0 Å². The molecule has 1 spiro atoms. The van der Waals surface area contributed by atoms with Crippen molar-refractivity contribution < 1.29 is 9.59 Å². The smallest absolute Gasteiger partial charge is 0.226 e. The summed E-state index contributed by atoms with van der Waals surface area (Å²) in [6, 6.07) is 8.45. The quantitative estimate of drug-likeness (QED) is 0.827. The summed E-state index contributed by atoms with van der Waals surface area (Å²) in [6.45, 7) is 9.75. The van der Waals surface area contributed by atoms with Gasteiger partial charge in [0.1, 0.15) is 0 Å². The van der Waals surface area contributed by atoms with E-state index in [0.29, 0.717) is 24.7 Å². The summed E-state index contributed by atoms with van der Waals surface area (Å²) in [5.74, 6) is 1.04. The molecule has 4 nitrogen and oxygen atoms in total. The second-order valence-corrected chi connectivity index (χ2v) is 8.36. The highest BCUT2D eigenvalue weighted by Gasteiger charge is 2.41. The van der Waals surface area contributed by atoms with Gasteiger partial charge in [-0.1, -0.05) is 38.1 Å². The topological polar surface area (TPSA) is 40.6 Å². The van der Waals surface area contributed by atoms with E-state index in [0.717, 1.165) is 51.0 Å². The van der Waals surface area contributed by atoms with Gasteiger partial charge in [0.25, 0.3) is 0 Å². The first-order chi connectivity index (χ1) is 12.4. The van der Waals surface area contributed by atoms with Crippen LogP contribution in [0.1, 0.15) is 63.5 Å². The van der Waals surface area contributed by atoms with Crippen molar-refractivity contribution >= 4 is 11.8 Å². The van der Waals surface area contributed by atoms with Crippen molar-refractivity contribution in [3.63, 3.8) is 0 Å². The van der Waals surface area contributed by atoms with Gasteiger partial charge >= 0.3 is 0 Å². The number of benzene rings is 1. The fourth-order valence-corrected chi connectivity index (χ4v) is 4.34. The SMILES string of the molecule is CCN1CC2(CCC1=O)CCN(C(=O)Cc1ccc(C(C)C)cc1)CC2. The minimum Gasteiger partial charge on any atom is -0.342 e. The molecule has 1 aromatic carbocycles. The van der Waals surface area contributed by atoms with Crippen LogP contribution in [-0.2, 0) is 16.0 Å². The van der Waals surface area contributed by atoms with Crippen molar-refractivity contribution in [1.29, 1.82) is 0 Å². The number of carbonyl (C=O) groups is 2. The van der Waals surface area contributed by atoms with Crippen LogP contribution in [0.4, 0.5) is 0 Å². The Balaban J connectivity index is 1.54. The lowest BCUT2D eigenvalue weighted by Gasteiger charge is -2.47. The molecule has 142 valence electrons. The Morgan fingerprint density at radius 3 is 2.35 bits per heavy atom. The molecule has 0 saturated carbocycles. The molecule has 2 aliphatic heterocycles. The number of hydrogen-bond acceptors (Lipinski definition) is 2. The first-order valence-corrected chi connectivity index (χ1v) is 10.1. The number of hydrogen-bond donors (Lipinski definition) is 0. The molecule has 0 atom stereocenters. The van der Waals surface area contributed by atoms with Crippen LogP contribution in [0.2, 0.25) is 0 Å². The highest BCUT2D eigenvalue weighted by Crippen LogP contribution is 2.40. The predicted octanol–water partition coefficient (Wildman–Crippen LogP) is 3.60. The first kappa shape index (κ1) is 18.9. The van der Waals surface area contributed by atoms with Crippen molar-refractivity contribution in [2.75, 3.05) is 26.2 Å².